The lowest BCUT2D eigenvalue weighted by Crippen LogP contribution is -2.36. The fourth-order valence-corrected chi connectivity index (χ4v) is 2.84. The van der Waals surface area contributed by atoms with Crippen molar-refractivity contribution < 1.29 is 0 Å². The van der Waals surface area contributed by atoms with Gasteiger partial charge in [0.1, 0.15) is 5.82 Å². The summed E-state index contributed by atoms with van der Waals surface area (Å²) in [7, 11) is 0. The van der Waals surface area contributed by atoms with Gasteiger partial charge >= 0.3 is 0 Å². The van der Waals surface area contributed by atoms with E-state index in [-0.39, 0.29) is 0 Å². The molecule has 76 valence electrons. The van der Waals surface area contributed by atoms with Crippen LogP contribution in [0.25, 0.3) is 0 Å². The Morgan fingerprint density at radius 2 is 2.21 bits per heavy atom. The number of rotatable bonds is 0. The maximum absolute atomic E-state index is 6.10. The van der Waals surface area contributed by atoms with E-state index in [0.29, 0.717) is 12.1 Å². The van der Waals surface area contributed by atoms with E-state index in [4.69, 9.17) is 10.7 Å². The highest BCUT2D eigenvalue weighted by atomic mass is 15.1. The molecule has 1 aromatic rings. The molecule has 0 saturated heterocycles. The molecule has 3 rings (SSSR count). The number of hydrogen-bond donors (Lipinski definition) is 1. The second-order valence-corrected chi connectivity index (χ2v) is 4.59. The molecule has 2 atom stereocenters. The molecule has 2 heterocycles. The topological polar surface area (TPSA) is 43.8 Å². The number of nitrogens with two attached hydrogens (primary N) is 1. The van der Waals surface area contributed by atoms with Crippen LogP contribution < -0.4 is 5.73 Å². The van der Waals surface area contributed by atoms with Crippen LogP contribution in [0.5, 0.6) is 0 Å². The molecule has 14 heavy (non-hydrogen) atoms. The minimum Gasteiger partial charge on any atom is -0.327 e. The number of aryl methyl sites for hydroxylation is 2. The van der Waals surface area contributed by atoms with Crippen molar-refractivity contribution in [2.75, 3.05) is 0 Å². The Balaban J connectivity index is 2.12. The van der Waals surface area contributed by atoms with Gasteiger partial charge in [-0.1, -0.05) is 0 Å². The third kappa shape index (κ3) is 0.989. The largest absolute Gasteiger partial charge is 0.327 e. The zero-order valence-corrected chi connectivity index (χ0v) is 8.66. The molecule has 0 bridgehead atoms. The van der Waals surface area contributed by atoms with E-state index < -0.39 is 0 Å². The zero-order valence-electron chi connectivity index (χ0n) is 8.66. The van der Waals surface area contributed by atoms with Gasteiger partial charge in [-0.3, -0.25) is 0 Å². The van der Waals surface area contributed by atoms with E-state index in [9.17, 15) is 0 Å². The summed E-state index contributed by atoms with van der Waals surface area (Å²) in [5.74, 6) is 1.28. The van der Waals surface area contributed by atoms with Gasteiger partial charge in [-0.05, 0) is 32.6 Å². The Labute approximate surface area is 84.3 Å². The highest BCUT2D eigenvalue weighted by Crippen LogP contribution is 2.31. The van der Waals surface area contributed by atoms with Crippen LogP contribution in [0.15, 0.2) is 0 Å². The van der Waals surface area contributed by atoms with Crippen LogP contribution in [-0.4, -0.2) is 15.6 Å². The van der Waals surface area contributed by atoms with E-state index in [1.807, 2.05) is 0 Å². The Morgan fingerprint density at radius 1 is 1.36 bits per heavy atom. The average molecular weight is 191 g/mol. The lowest BCUT2D eigenvalue weighted by molar-refractivity contribution is 0.360. The monoisotopic (exact) mass is 191 g/mol. The Hall–Kier alpha value is -0.830. The maximum Gasteiger partial charge on any atom is 0.109 e. The summed E-state index contributed by atoms with van der Waals surface area (Å²) in [5.41, 5.74) is 8.92. The Kier molecular flexibility index (Phi) is 1.71. The van der Waals surface area contributed by atoms with Crippen LogP contribution in [-0.2, 0) is 19.3 Å². The van der Waals surface area contributed by atoms with Crippen LogP contribution in [0.3, 0.4) is 0 Å². The van der Waals surface area contributed by atoms with Gasteiger partial charge < -0.3 is 10.3 Å². The average Bonchev–Trinajstić information content (AvgIpc) is 2.70. The number of fused-ring (bicyclic) bond motifs is 3. The number of hydrogen-bond acceptors (Lipinski definition) is 2. The van der Waals surface area contributed by atoms with Crippen molar-refractivity contribution in [1.29, 1.82) is 0 Å². The summed E-state index contributed by atoms with van der Waals surface area (Å²) in [5, 5.41) is 0. The quantitative estimate of drug-likeness (QED) is 0.669. The van der Waals surface area contributed by atoms with E-state index >= 15 is 0 Å². The summed E-state index contributed by atoms with van der Waals surface area (Å²) in [4.78, 5) is 4.72. The molecule has 3 nitrogen and oxygen atoms in total. The third-order valence-corrected chi connectivity index (χ3v) is 3.72. The molecular formula is C11H17N3. The minimum absolute atomic E-state index is 0.321. The van der Waals surface area contributed by atoms with E-state index in [1.165, 1.54) is 36.5 Å². The smallest absolute Gasteiger partial charge is 0.109 e. The van der Waals surface area contributed by atoms with Crippen molar-refractivity contribution in [2.45, 2.75) is 51.1 Å². The molecule has 1 aliphatic heterocycles. The number of aromatic nitrogens is 2. The van der Waals surface area contributed by atoms with Crippen molar-refractivity contribution >= 4 is 0 Å². The predicted octanol–water partition coefficient (Wildman–Crippen LogP) is 1.21. The molecule has 0 amide bonds. The molecule has 2 unspecified atom stereocenters. The SMILES string of the molecule is CC1C(N)CCc2nc3c(n21)CCC3. The first-order valence-corrected chi connectivity index (χ1v) is 5.62. The van der Waals surface area contributed by atoms with Crippen LogP contribution in [0.2, 0.25) is 0 Å². The summed E-state index contributed by atoms with van der Waals surface area (Å²) >= 11 is 0. The highest BCUT2D eigenvalue weighted by molar-refractivity contribution is 5.24. The molecule has 1 aliphatic carbocycles. The summed E-state index contributed by atoms with van der Waals surface area (Å²) < 4.78 is 2.41. The second kappa shape index (κ2) is 2.83. The van der Waals surface area contributed by atoms with Crippen LogP contribution in [0.4, 0.5) is 0 Å². The van der Waals surface area contributed by atoms with Gasteiger partial charge in [-0.2, -0.15) is 0 Å². The van der Waals surface area contributed by atoms with Crippen LogP contribution in [0, 0.1) is 0 Å². The fourth-order valence-electron chi connectivity index (χ4n) is 2.84. The molecule has 2 N–H and O–H groups in total. The van der Waals surface area contributed by atoms with Crippen molar-refractivity contribution in [2.24, 2.45) is 5.73 Å². The minimum atomic E-state index is 0.321. The standard InChI is InChI=1S/C11H17N3/c1-7-8(12)5-6-11-13-9-3-2-4-10(9)14(7)11/h7-8H,2-6,12H2,1H3. The second-order valence-electron chi connectivity index (χ2n) is 4.59. The van der Waals surface area contributed by atoms with Crippen molar-refractivity contribution in [1.82, 2.24) is 9.55 Å². The molecule has 0 aromatic carbocycles. The van der Waals surface area contributed by atoms with Gasteiger partial charge in [0.25, 0.3) is 0 Å². The molecule has 0 radical (unpaired) electrons. The molecule has 1 aromatic heterocycles. The van der Waals surface area contributed by atoms with Crippen molar-refractivity contribution in [3.05, 3.63) is 17.2 Å². The predicted molar refractivity (Wildman–Crippen MR) is 55.3 cm³/mol. The first-order valence-electron chi connectivity index (χ1n) is 5.62. The highest BCUT2D eigenvalue weighted by Gasteiger charge is 2.30. The van der Waals surface area contributed by atoms with Crippen molar-refractivity contribution in [3.63, 3.8) is 0 Å². The van der Waals surface area contributed by atoms with Gasteiger partial charge in [-0.25, -0.2) is 4.98 Å². The van der Waals surface area contributed by atoms with Crippen LogP contribution >= 0.6 is 0 Å². The normalized spacial score (nSPS) is 30.1. The molecule has 2 aliphatic rings. The lowest BCUT2D eigenvalue weighted by Gasteiger charge is -2.29. The molecule has 0 fully saturated rings. The van der Waals surface area contributed by atoms with Gasteiger partial charge in [-0.15, -0.1) is 0 Å². The maximum atomic E-state index is 6.10. The summed E-state index contributed by atoms with van der Waals surface area (Å²) in [6.45, 7) is 2.23. The molecule has 0 saturated carbocycles. The first-order chi connectivity index (χ1) is 6.77. The molecular weight excluding hydrogens is 174 g/mol. The van der Waals surface area contributed by atoms with Gasteiger partial charge in [0.05, 0.1) is 5.69 Å². The van der Waals surface area contributed by atoms with E-state index in [0.717, 1.165) is 12.8 Å². The summed E-state index contributed by atoms with van der Waals surface area (Å²) in [6.07, 6.45) is 5.83. The Morgan fingerprint density at radius 3 is 3.07 bits per heavy atom. The Bertz CT molecular complexity index is 367. The zero-order chi connectivity index (χ0) is 9.71. The fraction of sp³-hybridized carbons (Fsp3) is 0.727. The van der Waals surface area contributed by atoms with E-state index in [1.54, 1.807) is 0 Å². The molecule has 0 spiro atoms. The van der Waals surface area contributed by atoms with Crippen molar-refractivity contribution in [3.8, 4) is 0 Å². The van der Waals surface area contributed by atoms with Gasteiger partial charge in [0.2, 0.25) is 0 Å². The van der Waals surface area contributed by atoms with E-state index in [2.05, 4.69) is 11.5 Å². The van der Waals surface area contributed by atoms with Crippen LogP contribution in [0.1, 0.15) is 43.0 Å². The summed E-state index contributed by atoms with van der Waals surface area (Å²) in [6, 6.07) is 0.773. The number of imidazole rings is 1. The molecule has 3 heteroatoms. The lowest BCUT2D eigenvalue weighted by atomic mass is 10.0. The first kappa shape index (κ1) is 8.48. The van der Waals surface area contributed by atoms with Gasteiger partial charge in [0.15, 0.2) is 0 Å². The third-order valence-electron chi connectivity index (χ3n) is 3.72. The van der Waals surface area contributed by atoms with Gasteiger partial charge in [0, 0.05) is 24.2 Å². The number of nitrogens with zero attached hydrogens (tertiary/aromatic N) is 2.